The first-order chi connectivity index (χ1) is 55.1. The summed E-state index contributed by atoms with van der Waals surface area (Å²) in [5.74, 6) is -2.20. The molecule has 6 amide bonds. The zero-order valence-corrected chi connectivity index (χ0v) is 71.6. The van der Waals surface area contributed by atoms with E-state index >= 15 is 0 Å². The molecule has 0 bridgehead atoms. The Morgan fingerprint density at radius 1 is 0.457 bits per heavy atom. The quantitative estimate of drug-likeness (QED) is 0.0127. The maximum Gasteiger partial charge on any atom is 2.00 e. The third kappa shape index (κ3) is 65.6. The van der Waals surface area contributed by atoms with Gasteiger partial charge in [-0.25, -0.2) is 0 Å². The van der Waals surface area contributed by atoms with E-state index in [9.17, 15) is 39.0 Å². The first-order valence-corrected chi connectivity index (χ1v) is 41.8. The van der Waals surface area contributed by atoms with Gasteiger partial charge in [0.15, 0.2) is 5.96 Å². The molecule has 0 fully saturated rings. The van der Waals surface area contributed by atoms with Gasteiger partial charge < -0.3 is 144 Å². The van der Waals surface area contributed by atoms with E-state index in [2.05, 4.69) is 120 Å². The number of fused-ring (bicyclic) bond motifs is 1. The molecule has 2 unspecified atom stereocenters. The molecule has 2 aromatic carbocycles. The smallest absolute Gasteiger partial charge is 0.508 e. The van der Waals surface area contributed by atoms with Crippen LogP contribution in [0.4, 0.5) is 0 Å². The molecule has 0 aliphatic heterocycles. The molecule has 2 aliphatic rings. The summed E-state index contributed by atoms with van der Waals surface area (Å²) in [5, 5.41) is 68.9. The van der Waals surface area contributed by atoms with Crippen molar-refractivity contribution in [3.63, 3.8) is 0 Å². The second-order valence-corrected chi connectivity index (χ2v) is 28.1. The number of hydrogen-bond acceptors (Lipinski definition) is 22. The normalized spacial score (nSPS) is 12.0. The van der Waals surface area contributed by atoms with E-state index in [0.717, 1.165) is 262 Å². The monoisotopic (exact) mass is 1670 g/mol. The molecule has 662 valence electrons. The van der Waals surface area contributed by atoms with Crippen LogP contribution in [-0.2, 0) is 58.7 Å². The Morgan fingerprint density at radius 3 is 1.33 bits per heavy atom. The topological polar surface area (TPSA) is 508 Å². The van der Waals surface area contributed by atoms with Gasteiger partial charge >= 0.3 is 17.1 Å². The van der Waals surface area contributed by atoms with Crippen LogP contribution in [0, 0.1) is 14.9 Å². The van der Waals surface area contributed by atoms with Crippen LogP contribution in [0.3, 0.4) is 0 Å². The van der Waals surface area contributed by atoms with Crippen LogP contribution < -0.4 is 114 Å². The predicted molar refractivity (Wildman–Crippen MR) is 474 cm³/mol. The summed E-state index contributed by atoms with van der Waals surface area (Å²) in [6, 6.07) is 10.2. The summed E-state index contributed by atoms with van der Waals surface area (Å²) in [6.07, 6.45) is 36.9. The van der Waals surface area contributed by atoms with Crippen molar-refractivity contribution in [1.82, 2.24) is 84.7 Å². The SMILES string of the molecule is C1=CCC=C1.NC(=O)CC(NC(=O)Cc1ccc(O)cc1O)C(=O)NCCCCCNCCCNCCCNC(=O)C(N)CCCN=C(N)N.NCCCNCCCCNCCCNCCCNCCCNC(=O)C1=CC=CC1.NCCCNCCCCNCCCNCCCNCCCNC(=O)Cc1c[nH]c2ccccc12.[CH3-].[CH3-].[Fe+2]. The van der Waals surface area contributed by atoms with Crippen molar-refractivity contribution in [1.29, 1.82) is 0 Å². The first kappa shape index (κ1) is 111. The third-order valence-corrected chi connectivity index (χ3v) is 17.9. The number of allylic oxidation sites excluding steroid dienone is 7. The molecule has 116 heavy (non-hydrogen) atoms. The number of rotatable bonds is 68. The van der Waals surface area contributed by atoms with Gasteiger partial charge in [-0.3, -0.25) is 33.8 Å². The number of nitrogens with zero attached hydrogens (tertiary/aromatic N) is 1. The zero-order valence-electron chi connectivity index (χ0n) is 70.5. The Morgan fingerprint density at radius 2 is 0.879 bits per heavy atom. The molecule has 1 aromatic heterocycles. The zero-order chi connectivity index (χ0) is 81.9. The Hall–Kier alpha value is -7.37. The average Bonchev–Trinajstić information content (AvgIpc) is 1.68. The first-order valence-electron chi connectivity index (χ1n) is 41.8. The van der Waals surface area contributed by atoms with Crippen molar-refractivity contribution in [2.75, 3.05) is 177 Å². The fourth-order valence-electron chi connectivity index (χ4n) is 11.5. The van der Waals surface area contributed by atoms with Crippen molar-refractivity contribution in [2.24, 2.45) is 39.4 Å². The number of primary amides is 1. The number of amides is 6. The fourth-order valence-corrected chi connectivity index (χ4v) is 11.5. The van der Waals surface area contributed by atoms with E-state index < -0.39 is 29.8 Å². The van der Waals surface area contributed by atoms with Crippen LogP contribution in [-0.4, -0.2) is 245 Å². The summed E-state index contributed by atoms with van der Waals surface area (Å²) >= 11 is 0. The number of hydrogen-bond donors (Lipinski definition) is 24. The number of nitrogens with one attached hydrogen (secondary N) is 16. The summed E-state index contributed by atoms with van der Waals surface area (Å²) in [7, 11) is 0. The van der Waals surface area contributed by atoms with Crippen LogP contribution in [0.15, 0.2) is 102 Å². The number of aliphatic imine (C=N–C) groups is 1. The maximum absolute atomic E-state index is 12.5. The minimum absolute atomic E-state index is 0. The molecule has 30 N–H and O–H groups in total. The molecule has 0 saturated carbocycles. The second kappa shape index (κ2) is 80.1. The molecule has 3 aromatic rings. The minimum Gasteiger partial charge on any atom is -0.508 e. The van der Waals surface area contributed by atoms with Crippen LogP contribution in [0.2, 0.25) is 0 Å². The Bertz CT molecular complexity index is 3070. The molecule has 5 rings (SSSR count). The largest absolute Gasteiger partial charge is 2.00 e. The van der Waals surface area contributed by atoms with E-state index in [-0.39, 0.29) is 85.5 Å². The van der Waals surface area contributed by atoms with E-state index in [4.69, 9.17) is 34.4 Å². The number of carbonyl (C=O) groups excluding carboxylic acids is 6. The Labute approximate surface area is 706 Å². The third-order valence-electron chi connectivity index (χ3n) is 17.9. The summed E-state index contributed by atoms with van der Waals surface area (Å²) < 4.78 is 0. The van der Waals surface area contributed by atoms with Crippen LogP contribution >= 0.6 is 0 Å². The molecule has 31 nitrogen and oxygen atoms in total. The van der Waals surface area contributed by atoms with Crippen LogP contribution in [0.1, 0.15) is 152 Å². The number of para-hydroxylation sites is 1. The average molecular weight is 1670 g/mol. The number of phenols is 2. The van der Waals surface area contributed by atoms with E-state index in [1.54, 1.807) is 0 Å². The fraction of sp³-hybridized carbons (Fsp3) is 0.631. The van der Waals surface area contributed by atoms with Gasteiger partial charge in [-0.2, -0.15) is 0 Å². The summed E-state index contributed by atoms with van der Waals surface area (Å²) in [4.78, 5) is 79.4. The maximum atomic E-state index is 12.5. The number of phenolic OH excluding ortho intramolecular Hbond substituents is 2. The standard InChI is InChI=1S/C29H52N10O6.C26H47N7O.C22H44N6O.C5H6.2CH3.Fe/c30-22(7-4-15-38-29(32)33)27(44)36-16-6-13-35-12-5-11-34-10-2-1-3-14-37-28(45)23(19-25(31)42)39-26(43)17-20-8-9-21(40)18-24(20)41;27-11-5-14-28-12-3-4-13-29-15-6-16-30-17-7-18-31-19-8-20-32-26(34)21-23-22-33-25-10-2-1-9-24(23)25;23-11-5-14-24-12-3-4-13-25-15-6-16-26-17-7-18-27-19-8-20-28-22(29)21-9-1-2-10-21;1-2-4-5-3-1;;;/h8-9,18,22-23,34-35,40-41H,1-7,10-17,19,30H2,(H2,31,42)(H,36,44)(H,37,45)(H,39,43)(H4,32,33,38);1-2,9-10,22,28-31,33H,3-8,11-21,27H2,(H,32,34);1-2,9,24-27H,3-8,10-20,23H2,(H,28,29);1-4H,5H2;2*1H3;/q;;;;2*-1;+2. The van der Waals surface area contributed by atoms with Gasteiger partial charge in [0.05, 0.1) is 25.3 Å². The molecule has 2 atom stereocenters. The van der Waals surface area contributed by atoms with E-state index in [1.165, 1.54) is 50.7 Å². The van der Waals surface area contributed by atoms with Crippen molar-refractivity contribution in [3.05, 3.63) is 123 Å². The molecule has 0 spiro atoms. The van der Waals surface area contributed by atoms with Gasteiger partial charge in [0.1, 0.15) is 17.5 Å². The molecule has 0 saturated heterocycles. The van der Waals surface area contributed by atoms with Crippen molar-refractivity contribution >= 4 is 52.3 Å². The van der Waals surface area contributed by atoms with E-state index in [1.807, 2.05) is 42.6 Å². The molecule has 2 aliphatic carbocycles. The minimum atomic E-state index is -1.12. The van der Waals surface area contributed by atoms with Gasteiger partial charge in [0, 0.05) is 67.0 Å². The number of nitrogens with two attached hydrogens (primary N) is 6. The molecule has 0 radical (unpaired) electrons. The summed E-state index contributed by atoms with van der Waals surface area (Å²) in [5.41, 5.74) is 35.8. The number of guanidine groups is 1. The number of aromatic nitrogens is 1. The second-order valence-electron chi connectivity index (χ2n) is 28.1. The number of carbonyl (C=O) groups is 6. The van der Waals surface area contributed by atoms with Gasteiger partial charge in [0.2, 0.25) is 35.4 Å². The van der Waals surface area contributed by atoms with Crippen molar-refractivity contribution in [3.8, 4) is 11.5 Å². The van der Waals surface area contributed by atoms with Crippen LogP contribution in [0.5, 0.6) is 11.5 Å². The molecular weight excluding hydrogens is 1510 g/mol. The number of H-pyrrole nitrogens is 1. The van der Waals surface area contributed by atoms with Gasteiger partial charge in [-0.15, -0.1) is 0 Å². The van der Waals surface area contributed by atoms with Crippen LogP contribution in [0.25, 0.3) is 10.9 Å². The number of benzene rings is 2. The Balaban J connectivity index is 0. The molecule has 32 heteroatoms. The summed E-state index contributed by atoms with van der Waals surface area (Å²) in [6.45, 7) is 24.5. The van der Waals surface area contributed by atoms with Crippen molar-refractivity contribution in [2.45, 2.75) is 166 Å². The number of aromatic hydroxyl groups is 2. The van der Waals surface area contributed by atoms with Gasteiger partial charge in [-0.1, -0.05) is 73.2 Å². The Kier molecular flexibility index (Phi) is 76.4. The van der Waals surface area contributed by atoms with Gasteiger partial charge in [0.25, 0.3) is 0 Å². The van der Waals surface area contributed by atoms with E-state index in [0.29, 0.717) is 45.4 Å². The number of unbranched alkanes of at least 4 members (excludes halogenated alkanes) is 4. The molecular formula is C84H155FeN23O8. The number of aromatic amines is 1. The van der Waals surface area contributed by atoms with Gasteiger partial charge in [-0.05, 0) is 290 Å². The van der Waals surface area contributed by atoms with Crippen molar-refractivity contribution < 1.29 is 56.0 Å². The predicted octanol–water partition coefficient (Wildman–Crippen LogP) is 2.27. The molecule has 1 heterocycles.